The maximum absolute atomic E-state index is 12.4. The number of nitrogens with one attached hydrogen (secondary N) is 2. The first-order valence-electron chi connectivity index (χ1n) is 4.67. The lowest BCUT2D eigenvalue weighted by molar-refractivity contribution is -0.137. The molecule has 0 radical (unpaired) electrons. The van der Waals surface area contributed by atoms with Crippen LogP contribution in [0.15, 0.2) is 18.2 Å². The summed E-state index contributed by atoms with van der Waals surface area (Å²) >= 11 is 0. The van der Waals surface area contributed by atoms with Gasteiger partial charge in [-0.15, -0.1) is 0 Å². The highest BCUT2D eigenvalue weighted by Gasteiger charge is 2.31. The van der Waals surface area contributed by atoms with Crippen molar-refractivity contribution in [3.05, 3.63) is 29.3 Å². The van der Waals surface area contributed by atoms with Gasteiger partial charge in [0.05, 0.1) is 12.2 Å². The summed E-state index contributed by atoms with van der Waals surface area (Å²) < 4.78 is 37.2. The van der Waals surface area contributed by atoms with E-state index in [0.29, 0.717) is 12.4 Å². The molecular weight excluding hydrogens is 205 g/mol. The minimum absolute atomic E-state index is 0.0866. The van der Waals surface area contributed by atoms with Crippen LogP contribution in [0.3, 0.4) is 0 Å². The molecule has 0 amide bonds. The van der Waals surface area contributed by atoms with Crippen molar-refractivity contribution in [2.45, 2.75) is 19.1 Å². The van der Waals surface area contributed by atoms with Crippen molar-refractivity contribution in [1.29, 1.82) is 0 Å². The zero-order valence-corrected chi connectivity index (χ0v) is 8.15. The van der Waals surface area contributed by atoms with Crippen LogP contribution in [0.25, 0.3) is 0 Å². The minimum Gasteiger partial charge on any atom is -0.372 e. The van der Waals surface area contributed by atoms with Gasteiger partial charge < -0.3 is 5.32 Å². The number of rotatable bonds is 0. The summed E-state index contributed by atoms with van der Waals surface area (Å²) in [5.41, 5.74) is 0.827. The Morgan fingerprint density at radius 2 is 2.07 bits per heavy atom. The van der Waals surface area contributed by atoms with E-state index in [-0.39, 0.29) is 6.04 Å². The molecule has 0 saturated heterocycles. The first-order valence-corrected chi connectivity index (χ1v) is 4.67. The van der Waals surface area contributed by atoms with Gasteiger partial charge in [0.2, 0.25) is 0 Å². The summed E-state index contributed by atoms with van der Waals surface area (Å²) in [4.78, 5) is 0. The Hall–Kier alpha value is -1.23. The third-order valence-corrected chi connectivity index (χ3v) is 2.53. The van der Waals surface area contributed by atoms with Crippen molar-refractivity contribution in [2.24, 2.45) is 0 Å². The lowest BCUT2D eigenvalue weighted by Crippen LogP contribution is -2.31. The fraction of sp³-hybridized carbons (Fsp3) is 0.400. The third-order valence-electron chi connectivity index (χ3n) is 2.53. The molecule has 1 aromatic carbocycles. The van der Waals surface area contributed by atoms with Crippen LogP contribution in [0.2, 0.25) is 0 Å². The van der Waals surface area contributed by atoms with Gasteiger partial charge in [0.25, 0.3) is 0 Å². The summed E-state index contributed by atoms with van der Waals surface area (Å²) in [6, 6.07) is 3.88. The molecule has 2 nitrogen and oxygen atoms in total. The summed E-state index contributed by atoms with van der Waals surface area (Å²) in [5, 5.41) is 6.00. The van der Waals surface area contributed by atoms with Crippen molar-refractivity contribution in [2.75, 3.05) is 12.0 Å². The molecule has 1 heterocycles. The van der Waals surface area contributed by atoms with Gasteiger partial charge in [0.1, 0.15) is 0 Å². The molecule has 1 aliphatic heterocycles. The van der Waals surface area contributed by atoms with Gasteiger partial charge in [0, 0.05) is 11.7 Å². The Labute approximate surface area is 85.5 Å². The molecule has 2 N–H and O–H groups in total. The number of hydrogen-bond donors (Lipinski definition) is 2. The fourth-order valence-electron chi connectivity index (χ4n) is 1.67. The zero-order chi connectivity index (χ0) is 11.1. The molecule has 2 rings (SSSR count). The van der Waals surface area contributed by atoms with Crippen molar-refractivity contribution < 1.29 is 13.2 Å². The van der Waals surface area contributed by atoms with Gasteiger partial charge in [0.15, 0.2) is 0 Å². The third kappa shape index (κ3) is 1.92. The van der Waals surface area contributed by atoms with Gasteiger partial charge in [-0.2, -0.15) is 13.2 Å². The van der Waals surface area contributed by atoms with E-state index in [1.165, 1.54) is 6.07 Å². The molecule has 0 bridgehead atoms. The van der Waals surface area contributed by atoms with Crippen LogP contribution in [0.1, 0.15) is 24.1 Å². The molecule has 82 valence electrons. The maximum Gasteiger partial charge on any atom is 0.416 e. The van der Waals surface area contributed by atoms with E-state index in [0.717, 1.165) is 17.7 Å². The molecule has 0 aromatic heterocycles. The van der Waals surface area contributed by atoms with Crippen LogP contribution in [0, 0.1) is 0 Å². The lowest BCUT2D eigenvalue weighted by atomic mass is 10.0. The average Bonchev–Trinajstić information content (AvgIpc) is 2.16. The Balaban J connectivity index is 2.42. The van der Waals surface area contributed by atoms with Crippen molar-refractivity contribution in [3.63, 3.8) is 0 Å². The van der Waals surface area contributed by atoms with E-state index >= 15 is 0 Å². The van der Waals surface area contributed by atoms with E-state index < -0.39 is 11.7 Å². The van der Waals surface area contributed by atoms with Crippen LogP contribution in [-0.4, -0.2) is 6.67 Å². The van der Waals surface area contributed by atoms with Crippen LogP contribution in [0.4, 0.5) is 18.9 Å². The summed E-state index contributed by atoms with van der Waals surface area (Å²) in [6.45, 7) is 2.42. The summed E-state index contributed by atoms with van der Waals surface area (Å²) in [6.07, 6.45) is -4.27. The monoisotopic (exact) mass is 216 g/mol. The van der Waals surface area contributed by atoms with Crippen LogP contribution >= 0.6 is 0 Å². The summed E-state index contributed by atoms with van der Waals surface area (Å²) in [5.74, 6) is 0. The van der Waals surface area contributed by atoms with E-state index in [1.807, 2.05) is 6.92 Å². The average molecular weight is 216 g/mol. The van der Waals surface area contributed by atoms with Crippen LogP contribution < -0.4 is 10.6 Å². The van der Waals surface area contributed by atoms with E-state index in [9.17, 15) is 13.2 Å². The number of anilines is 1. The highest BCUT2D eigenvalue weighted by molar-refractivity contribution is 5.56. The Kier molecular flexibility index (Phi) is 2.34. The van der Waals surface area contributed by atoms with Gasteiger partial charge in [-0.3, -0.25) is 5.32 Å². The van der Waals surface area contributed by atoms with E-state index in [4.69, 9.17) is 0 Å². The molecule has 0 saturated carbocycles. The molecule has 1 aliphatic rings. The highest BCUT2D eigenvalue weighted by atomic mass is 19.4. The quantitative estimate of drug-likeness (QED) is 0.696. The lowest BCUT2D eigenvalue weighted by Gasteiger charge is -2.26. The Morgan fingerprint density at radius 3 is 2.73 bits per heavy atom. The van der Waals surface area contributed by atoms with Crippen LogP contribution in [0.5, 0.6) is 0 Å². The highest BCUT2D eigenvalue weighted by Crippen LogP contribution is 2.34. The normalized spacial score (nSPS) is 20.7. The second-order valence-corrected chi connectivity index (χ2v) is 3.58. The smallest absolute Gasteiger partial charge is 0.372 e. The molecule has 1 unspecified atom stereocenters. The predicted molar refractivity (Wildman–Crippen MR) is 51.5 cm³/mol. The van der Waals surface area contributed by atoms with Crippen molar-refractivity contribution >= 4 is 5.69 Å². The molecule has 15 heavy (non-hydrogen) atoms. The number of alkyl halides is 3. The van der Waals surface area contributed by atoms with Gasteiger partial charge in [-0.1, -0.05) is 6.07 Å². The van der Waals surface area contributed by atoms with E-state index in [2.05, 4.69) is 10.6 Å². The van der Waals surface area contributed by atoms with Crippen molar-refractivity contribution in [1.82, 2.24) is 5.32 Å². The minimum atomic E-state index is -4.27. The molecule has 0 aliphatic carbocycles. The molecule has 1 atom stereocenters. The molecule has 1 aromatic rings. The number of benzene rings is 1. The van der Waals surface area contributed by atoms with E-state index in [1.54, 1.807) is 0 Å². The Bertz CT molecular complexity index is 373. The first kappa shape index (κ1) is 10.3. The standard InChI is InChI=1S/C10H11F3N2/c1-6-8-3-2-7(10(11,12)13)4-9(8)15-5-14-6/h2-4,6,14-15H,5H2,1H3. The molecular formula is C10H11F3N2. The number of fused-ring (bicyclic) bond motifs is 1. The zero-order valence-electron chi connectivity index (χ0n) is 8.15. The second kappa shape index (κ2) is 3.41. The molecule has 0 fully saturated rings. The first-order chi connectivity index (χ1) is 6.98. The number of halogens is 3. The van der Waals surface area contributed by atoms with Gasteiger partial charge >= 0.3 is 6.18 Å². The van der Waals surface area contributed by atoms with Crippen molar-refractivity contribution in [3.8, 4) is 0 Å². The topological polar surface area (TPSA) is 24.1 Å². The van der Waals surface area contributed by atoms with Gasteiger partial charge in [-0.25, -0.2) is 0 Å². The van der Waals surface area contributed by atoms with Gasteiger partial charge in [-0.05, 0) is 24.6 Å². The largest absolute Gasteiger partial charge is 0.416 e. The van der Waals surface area contributed by atoms with Crippen LogP contribution in [-0.2, 0) is 6.18 Å². The fourth-order valence-corrected chi connectivity index (χ4v) is 1.67. The predicted octanol–water partition coefficient (Wildman–Crippen LogP) is 2.74. The maximum atomic E-state index is 12.4. The number of hydrogen-bond acceptors (Lipinski definition) is 2. The molecule has 0 spiro atoms. The summed E-state index contributed by atoms with van der Waals surface area (Å²) in [7, 11) is 0. The molecule has 5 heteroatoms. The Morgan fingerprint density at radius 1 is 1.33 bits per heavy atom. The second-order valence-electron chi connectivity index (χ2n) is 3.58. The SMILES string of the molecule is CC1NCNc2cc(C(F)(F)F)ccc21.